The Hall–Kier alpha value is -1.08. The van der Waals surface area contributed by atoms with Crippen LogP contribution >= 0.6 is 0 Å². The van der Waals surface area contributed by atoms with E-state index in [0.29, 0.717) is 16.9 Å². The molecule has 98 valence electrons. The number of fused-ring (bicyclic) bond motifs is 2. The molecule has 0 unspecified atom stereocenters. The molecule has 1 saturated carbocycles. The number of hydrogen-bond acceptors (Lipinski definition) is 1. The van der Waals surface area contributed by atoms with Crippen molar-refractivity contribution < 1.29 is 0 Å². The Labute approximate surface area is 115 Å². The van der Waals surface area contributed by atoms with Gasteiger partial charge in [0, 0.05) is 16.9 Å². The molecule has 19 heavy (non-hydrogen) atoms. The molecular weight excluding hydrogens is 230 g/mol. The molecule has 0 amide bonds. The highest BCUT2D eigenvalue weighted by atomic mass is 15.0. The molecule has 1 N–H and O–H groups in total. The maximum Gasteiger partial charge on any atom is 0.0207 e. The topological polar surface area (TPSA) is 12.0 Å². The molecule has 4 aliphatic carbocycles. The Kier molecular flexibility index (Phi) is 1.87. The first-order valence-electron chi connectivity index (χ1n) is 7.85. The monoisotopic (exact) mass is 251 g/mol. The zero-order chi connectivity index (χ0) is 12.5. The third kappa shape index (κ3) is 1.08. The second-order valence-corrected chi connectivity index (χ2v) is 7.10. The number of benzene rings is 1. The number of nitrogens with one attached hydrogen (secondary N) is 1. The van der Waals surface area contributed by atoms with E-state index in [0.717, 1.165) is 5.92 Å². The third-order valence-corrected chi connectivity index (χ3v) is 6.62. The first kappa shape index (κ1) is 10.7. The largest absolute Gasteiger partial charge is 0.313 e. The van der Waals surface area contributed by atoms with E-state index in [-0.39, 0.29) is 0 Å². The maximum atomic E-state index is 3.85. The van der Waals surface area contributed by atoms with Gasteiger partial charge in [-0.1, -0.05) is 36.4 Å². The van der Waals surface area contributed by atoms with Gasteiger partial charge in [-0.05, 0) is 55.7 Å². The lowest BCUT2D eigenvalue weighted by atomic mass is 9.41. The van der Waals surface area contributed by atoms with Crippen molar-refractivity contribution in [1.82, 2.24) is 5.32 Å². The maximum absolute atomic E-state index is 3.85. The van der Waals surface area contributed by atoms with E-state index in [1.807, 2.05) is 0 Å². The summed E-state index contributed by atoms with van der Waals surface area (Å²) >= 11 is 0. The minimum absolute atomic E-state index is 0.425. The van der Waals surface area contributed by atoms with Gasteiger partial charge in [-0.3, -0.25) is 0 Å². The lowest BCUT2D eigenvalue weighted by Gasteiger charge is -2.66. The van der Waals surface area contributed by atoms with Gasteiger partial charge < -0.3 is 5.32 Å². The van der Waals surface area contributed by atoms with Gasteiger partial charge in [0.1, 0.15) is 0 Å². The van der Waals surface area contributed by atoms with Gasteiger partial charge in [0.05, 0.1) is 0 Å². The summed E-state index contributed by atoms with van der Waals surface area (Å²) in [5.74, 6) is 0.840. The van der Waals surface area contributed by atoms with E-state index in [9.17, 15) is 0 Å². The number of hydrogen-bond donors (Lipinski definition) is 1. The zero-order valence-corrected chi connectivity index (χ0v) is 11.4. The molecule has 4 atom stereocenters. The van der Waals surface area contributed by atoms with Crippen molar-refractivity contribution in [1.29, 1.82) is 0 Å². The molecule has 1 heteroatoms. The average Bonchev–Trinajstić information content (AvgIpc) is 2.47. The summed E-state index contributed by atoms with van der Waals surface area (Å²) in [5, 5.41) is 3.85. The van der Waals surface area contributed by atoms with Gasteiger partial charge in [0.25, 0.3) is 0 Å². The summed E-state index contributed by atoms with van der Waals surface area (Å²) in [6.45, 7) is 1.21. The van der Waals surface area contributed by atoms with Crippen LogP contribution in [-0.2, 0) is 11.8 Å². The van der Waals surface area contributed by atoms with Crippen molar-refractivity contribution in [3.63, 3.8) is 0 Å². The van der Waals surface area contributed by atoms with Gasteiger partial charge in [0.15, 0.2) is 0 Å². The van der Waals surface area contributed by atoms with Crippen molar-refractivity contribution in [2.75, 3.05) is 6.54 Å². The van der Waals surface area contributed by atoms with Gasteiger partial charge in [-0.25, -0.2) is 0 Å². The summed E-state index contributed by atoms with van der Waals surface area (Å²) in [6.07, 6.45) is 11.9. The highest BCUT2D eigenvalue weighted by molar-refractivity contribution is 5.47. The fourth-order valence-corrected chi connectivity index (χ4v) is 5.85. The van der Waals surface area contributed by atoms with E-state index >= 15 is 0 Å². The van der Waals surface area contributed by atoms with Crippen molar-refractivity contribution in [3.05, 3.63) is 47.5 Å². The summed E-state index contributed by atoms with van der Waals surface area (Å²) in [4.78, 5) is 0. The predicted molar refractivity (Wildman–Crippen MR) is 77.1 cm³/mol. The minimum Gasteiger partial charge on any atom is -0.313 e. The van der Waals surface area contributed by atoms with Gasteiger partial charge >= 0.3 is 0 Å². The Balaban J connectivity index is 1.83. The predicted octanol–water partition coefficient (Wildman–Crippen LogP) is 3.20. The first-order valence-corrected chi connectivity index (χ1v) is 7.85. The molecule has 6 rings (SSSR count). The number of allylic oxidation sites excluding steroid dienone is 1. The van der Waals surface area contributed by atoms with Crippen LogP contribution in [-0.4, -0.2) is 12.6 Å². The molecule has 1 aromatic rings. The molecule has 1 aromatic carbocycles. The second-order valence-electron chi connectivity index (χ2n) is 7.10. The fourth-order valence-electron chi connectivity index (χ4n) is 5.85. The van der Waals surface area contributed by atoms with Gasteiger partial charge in [-0.15, -0.1) is 0 Å². The van der Waals surface area contributed by atoms with Crippen LogP contribution in [0, 0.1) is 11.3 Å². The fraction of sp³-hybridized carbons (Fsp3) is 0.556. The molecule has 1 aliphatic heterocycles. The molecule has 1 nitrogen and oxygen atoms in total. The van der Waals surface area contributed by atoms with Crippen molar-refractivity contribution >= 4 is 0 Å². The van der Waals surface area contributed by atoms with Gasteiger partial charge in [-0.2, -0.15) is 0 Å². The standard InChI is InChI=1S/C18H21N/c1-2-4-15-14(3-1)11-16-17-7-5-13(6-8-17)12-18(15,17)9-10-19-16/h1-5,7,13,16,19H,6,8-12H2/t13-,16+,17-,18+/m0/s1. The Morgan fingerprint density at radius 1 is 1.16 bits per heavy atom. The van der Waals surface area contributed by atoms with Gasteiger partial charge in [0.2, 0.25) is 0 Å². The average molecular weight is 251 g/mol. The van der Waals surface area contributed by atoms with E-state index in [4.69, 9.17) is 0 Å². The molecule has 2 fully saturated rings. The van der Waals surface area contributed by atoms with Crippen LogP contribution < -0.4 is 5.32 Å². The second kappa shape index (κ2) is 3.32. The Morgan fingerprint density at radius 3 is 3.00 bits per heavy atom. The zero-order valence-electron chi connectivity index (χ0n) is 11.4. The van der Waals surface area contributed by atoms with E-state index < -0.39 is 0 Å². The number of rotatable bonds is 0. The molecule has 1 spiro atoms. The van der Waals surface area contributed by atoms with Crippen LogP contribution in [0.4, 0.5) is 0 Å². The normalized spacial score (nSPS) is 45.7. The molecule has 5 aliphatic rings. The molecular formula is C18H21N. The summed E-state index contributed by atoms with van der Waals surface area (Å²) < 4.78 is 0. The van der Waals surface area contributed by atoms with Crippen molar-refractivity contribution in [2.45, 2.75) is 43.6 Å². The molecule has 1 heterocycles. The first-order chi connectivity index (χ1) is 9.34. The minimum atomic E-state index is 0.425. The Morgan fingerprint density at radius 2 is 2.11 bits per heavy atom. The van der Waals surface area contributed by atoms with Crippen LogP contribution in [0.1, 0.15) is 36.8 Å². The molecule has 0 aromatic heterocycles. The smallest absolute Gasteiger partial charge is 0.0207 e. The van der Waals surface area contributed by atoms with Crippen molar-refractivity contribution in [3.8, 4) is 0 Å². The van der Waals surface area contributed by atoms with Crippen LogP contribution in [0.25, 0.3) is 0 Å². The summed E-state index contributed by atoms with van der Waals surface area (Å²) in [7, 11) is 0. The lowest BCUT2D eigenvalue weighted by Crippen LogP contribution is -2.68. The van der Waals surface area contributed by atoms with Crippen LogP contribution in [0.3, 0.4) is 0 Å². The molecule has 1 saturated heterocycles. The quantitative estimate of drug-likeness (QED) is 0.698. The lowest BCUT2D eigenvalue weighted by molar-refractivity contribution is -0.0143. The third-order valence-electron chi connectivity index (χ3n) is 6.62. The summed E-state index contributed by atoms with van der Waals surface area (Å²) in [6, 6.07) is 9.97. The summed E-state index contributed by atoms with van der Waals surface area (Å²) in [5.41, 5.74) is 4.19. The molecule has 0 radical (unpaired) electrons. The van der Waals surface area contributed by atoms with Crippen molar-refractivity contribution in [2.24, 2.45) is 11.3 Å². The molecule has 4 bridgehead atoms. The highest BCUT2D eigenvalue weighted by Gasteiger charge is 2.63. The highest BCUT2D eigenvalue weighted by Crippen LogP contribution is 2.65. The SMILES string of the molecule is C1=C[C@@]23CC[C@H]1C[C@@]21CCN[C@@H]3Cc2ccccc21. The van der Waals surface area contributed by atoms with Crippen LogP contribution in [0.15, 0.2) is 36.4 Å². The Bertz CT molecular complexity index is 575. The van der Waals surface area contributed by atoms with E-state index in [1.165, 1.54) is 38.6 Å². The van der Waals surface area contributed by atoms with E-state index in [1.54, 1.807) is 11.1 Å². The van der Waals surface area contributed by atoms with Crippen LogP contribution in [0.2, 0.25) is 0 Å². The van der Waals surface area contributed by atoms with E-state index in [2.05, 4.69) is 41.7 Å². The number of piperidine rings is 1. The van der Waals surface area contributed by atoms with Crippen LogP contribution in [0.5, 0.6) is 0 Å².